The van der Waals surface area contributed by atoms with Crippen molar-refractivity contribution < 1.29 is 18.3 Å². The van der Waals surface area contributed by atoms with Crippen LogP contribution in [0.2, 0.25) is 0 Å². The highest BCUT2D eigenvalue weighted by atomic mass is 79.9. The number of rotatable bonds is 4. The number of ether oxygens (including phenoxy) is 1. The zero-order valence-corrected chi connectivity index (χ0v) is 10.6. The van der Waals surface area contributed by atoms with Crippen LogP contribution in [0.5, 0.6) is 0 Å². The zero-order valence-electron chi connectivity index (χ0n) is 9.04. The van der Waals surface area contributed by atoms with E-state index in [0.29, 0.717) is 5.56 Å². The number of esters is 1. The van der Waals surface area contributed by atoms with E-state index < -0.39 is 18.0 Å². The number of carbonyl (C=O) groups is 1. The number of hydrogen-bond acceptors (Lipinski definition) is 4. The number of nitrogens with two attached hydrogens (primary N) is 1. The van der Waals surface area contributed by atoms with Crippen LogP contribution in [0.3, 0.4) is 0 Å². The second-order valence-corrected chi connectivity index (χ2v) is 3.88. The fourth-order valence-corrected chi connectivity index (χ4v) is 1.87. The van der Waals surface area contributed by atoms with E-state index in [4.69, 9.17) is 5.73 Å². The molecule has 1 heterocycles. The minimum absolute atomic E-state index is 0.0520. The molecule has 4 nitrogen and oxygen atoms in total. The van der Waals surface area contributed by atoms with Gasteiger partial charge in [0.2, 0.25) is 0 Å². The molecule has 0 saturated carbocycles. The first-order valence-electron chi connectivity index (χ1n) is 4.85. The lowest BCUT2D eigenvalue weighted by molar-refractivity contribution is 0.0507. The van der Waals surface area contributed by atoms with Crippen molar-refractivity contribution in [3.8, 4) is 0 Å². The van der Waals surface area contributed by atoms with Gasteiger partial charge in [-0.2, -0.15) is 0 Å². The molecule has 2 N–H and O–H groups in total. The fourth-order valence-electron chi connectivity index (χ4n) is 1.25. The summed E-state index contributed by atoms with van der Waals surface area (Å²) in [6.45, 7) is 1.74. The van der Waals surface area contributed by atoms with Crippen LogP contribution in [0.25, 0.3) is 0 Å². The molecular weight excluding hydrogens is 298 g/mol. The molecule has 0 bridgehead atoms. The van der Waals surface area contributed by atoms with E-state index in [0.717, 1.165) is 0 Å². The molecular formula is C10H11BrF2N2O2. The normalized spacial score (nSPS) is 10.7. The highest BCUT2D eigenvalue weighted by molar-refractivity contribution is 9.10. The van der Waals surface area contributed by atoms with Crippen molar-refractivity contribution in [3.63, 3.8) is 0 Å². The Kier molecular flexibility index (Phi) is 4.95. The number of halogens is 3. The number of nitrogens with zero attached hydrogens (tertiary/aromatic N) is 1. The maximum Gasteiger partial charge on any atom is 0.357 e. The van der Waals surface area contributed by atoms with Gasteiger partial charge in [0, 0.05) is 17.2 Å². The van der Waals surface area contributed by atoms with Gasteiger partial charge < -0.3 is 10.5 Å². The van der Waals surface area contributed by atoms with Crippen LogP contribution in [-0.2, 0) is 11.3 Å². The van der Waals surface area contributed by atoms with Crippen LogP contribution >= 0.6 is 15.9 Å². The minimum atomic E-state index is -2.83. The highest BCUT2D eigenvalue weighted by Gasteiger charge is 2.25. The molecule has 0 radical (unpaired) electrons. The van der Waals surface area contributed by atoms with Crippen molar-refractivity contribution in [1.29, 1.82) is 0 Å². The lowest BCUT2D eigenvalue weighted by Crippen LogP contribution is -2.13. The second-order valence-electron chi connectivity index (χ2n) is 3.08. The van der Waals surface area contributed by atoms with E-state index in [1.165, 1.54) is 6.20 Å². The van der Waals surface area contributed by atoms with Gasteiger partial charge in [-0.05, 0) is 28.4 Å². The number of carbonyl (C=O) groups excluding carboxylic acids is 1. The van der Waals surface area contributed by atoms with Crippen LogP contribution in [-0.4, -0.2) is 17.6 Å². The summed E-state index contributed by atoms with van der Waals surface area (Å²) in [5, 5.41) is 0. The lowest BCUT2D eigenvalue weighted by Gasteiger charge is -2.11. The first-order valence-corrected chi connectivity index (χ1v) is 5.64. The average molecular weight is 309 g/mol. The third kappa shape index (κ3) is 2.98. The number of alkyl halides is 2. The lowest BCUT2D eigenvalue weighted by atomic mass is 10.1. The van der Waals surface area contributed by atoms with Gasteiger partial charge in [0.1, 0.15) is 0 Å². The highest BCUT2D eigenvalue weighted by Crippen LogP contribution is 2.32. The van der Waals surface area contributed by atoms with Crippen LogP contribution in [0.15, 0.2) is 10.7 Å². The van der Waals surface area contributed by atoms with Gasteiger partial charge in [-0.15, -0.1) is 0 Å². The van der Waals surface area contributed by atoms with Crippen LogP contribution in [0.1, 0.15) is 35.0 Å². The average Bonchev–Trinajstić information content (AvgIpc) is 2.28. The van der Waals surface area contributed by atoms with Gasteiger partial charge >= 0.3 is 5.97 Å². The Morgan fingerprint density at radius 3 is 2.76 bits per heavy atom. The van der Waals surface area contributed by atoms with Crippen LogP contribution in [0.4, 0.5) is 8.78 Å². The van der Waals surface area contributed by atoms with Gasteiger partial charge in [0.15, 0.2) is 5.69 Å². The van der Waals surface area contributed by atoms with Crippen LogP contribution < -0.4 is 5.73 Å². The molecule has 17 heavy (non-hydrogen) atoms. The van der Waals surface area contributed by atoms with E-state index >= 15 is 0 Å². The van der Waals surface area contributed by atoms with Gasteiger partial charge in [0.25, 0.3) is 6.43 Å². The van der Waals surface area contributed by atoms with E-state index in [1.54, 1.807) is 6.92 Å². The standard InChI is InChI=1S/C10H11BrF2N2O2/c1-2-17-10(16)8-6(9(12)13)7(11)5(3-14)4-15-8/h4,9H,2-3,14H2,1H3. The monoisotopic (exact) mass is 308 g/mol. The van der Waals surface area contributed by atoms with Crippen molar-refractivity contribution >= 4 is 21.9 Å². The van der Waals surface area contributed by atoms with Gasteiger partial charge in [0.05, 0.1) is 12.2 Å². The Hall–Kier alpha value is -1.08. The molecule has 1 rings (SSSR count). The number of hydrogen-bond donors (Lipinski definition) is 1. The number of pyridine rings is 1. The van der Waals surface area contributed by atoms with E-state index in [-0.39, 0.29) is 23.3 Å². The first-order chi connectivity index (χ1) is 8.02. The molecule has 1 aromatic rings. The van der Waals surface area contributed by atoms with Gasteiger partial charge in [-0.3, -0.25) is 0 Å². The van der Waals surface area contributed by atoms with Gasteiger partial charge in [-0.1, -0.05) is 0 Å². The predicted octanol–water partition coefficient (Wildman–Crippen LogP) is 2.42. The molecule has 0 atom stereocenters. The molecule has 0 spiro atoms. The van der Waals surface area contributed by atoms with Crippen molar-refractivity contribution in [2.75, 3.05) is 6.61 Å². The maximum atomic E-state index is 12.9. The summed E-state index contributed by atoms with van der Waals surface area (Å²) < 4.78 is 30.5. The third-order valence-electron chi connectivity index (χ3n) is 2.03. The Labute approximate surface area is 105 Å². The number of aromatic nitrogens is 1. The van der Waals surface area contributed by atoms with E-state index in [2.05, 4.69) is 25.7 Å². The first kappa shape index (κ1) is 14.0. The molecule has 94 valence electrons. The largest absolute Gasteiger partial charge is 0.461 e. The summed E-state index contributed by atoms with van der Waals surface area (Å²) in [5.74, 6) is -0.868. The minimum Gasteiger partial charge on any atom is -0.461 e. The van der Waals surface area contributed by atoms with Crippen LogP contribution in [0, 0.1) is 0 Å². The van der Waals surface area contributed by atoms with Gasteiger partial charge in [-0.25, -0.2) is 18.6 Å². The summed E-state index contributed by atoms with van der Waals surface area (Å²) in [7, 11) is 0. The maximum absolute atomic E-state index is 12.9. The smallest absolute Gasteiger partial charge is 0.357 e. The van der Waals surface area contributed by atoms with Crippen molar-refractivity contribution in [3.05, 3.63) is 27.5 Å². The summed E-state index contributed by atoms with van der Waals surface area (Å²) in [6.07, 6.45) is -1.55. The molecule has 0 aliphatic carbocycles. The molecule has 0 unspecified atom stereocenters. The topological polar surface area (TPSA) is 65.2 Å². The molecule has 7 heteroatoms. The van der Waals surface area contributed by atoms with Crippen molar-refractivity contribution in [2.24, 2.45) is 5.73 Å². The molecule has 0 aromatic carbocycles. The SMILES string of the molecule is CCOC(=O)c1ncc(CN)c(Br)c1C(F)F. The van der Waals surface area contributed by atoms with E-state index in [9.17, 15) is 13.6 Å². The predicted molar refractivity (Wildman–Crippen MR) is 60.7 cm³/mol. The summed E-state index contributed by atoms with van der Waals surface area (Å²) in [4.78, 5) is 15.1. The van der Waals surface area contributed by atoms with E-state index in [1.807, 2.05) is 0 Å². The zero-order chi connectivity index (χ0) is 13.0. The Balaban J connectivity index is 3.31. The fraction of sp³-hybridized carbons (Fsp3) is 0.400. The molecule has 0 aliphatic heterocycles. The summed E-state index contributed by atoms with van der Waals surface area (Å²) >= 11 is 3.00. The molecule has 0 saturated heterocycles. The Morgan fingerprint density at radius 2 is 2.29 bits per heavy atom. The third-order valence-corrected chi connectivity index (χ3v) is 2.97. The van der Waals surface area contributed by atoms with Crippen molar-refractivity contribution in [1.82, 2.24) is 4.98 Å². The summed E-state index contributed by atoms with van der Waals surface area (Å²) in [5.41, 5.74) is 4.92. The molecule has 0 aliphatic rings. The molecule has 1 aromatic heterocycles. The Bertz CT molecular complexity index is 427. The van der Waals surface area contributed by atoms with Crippen molar-refractivity contribution in [2.45, 2.75) is 19.9 Å². The quantitative estimate of drug-likeness (QED) is 0.868. The second kappa shape index (κ2) is 6.02. The molecule has 0 fully saturated rings. The summed E-state index contributed by atoms with van der Waals surface area (Å²) in [6, 6.07) is 0. The Morgan fingerprint density at radius 1 is 1.65 bits per heavy atom. The molecule has 0 amide bonds.